The summed E-state index contributed by atoms with van der Waals surface area (Å²) in [6.07, 6.45) is 14.4. The summed E-state index contributed by atoms with van der Waals surface area (Å²) in [6, 6.07) is 0.829. The minimum absolute atomic E-state index is 0.691. The fourth-order valence-electron chi connectivity index (χ4n) is 3.68. The summed E-state index contributed by atoms with van der Waals surface area (Å²) in [7, 11) is 0. The zero-order chi connectivity index (χ0) is 12.1. The maximum Gasteiger partial charge on any atom is 0.00673 e. The normalized spacial score (nSPS) is 32.8. The van der Waals surface area contributed by atoms with E-state index in [1.807, 2.05) is 0 Å². The molecule has 2 rings (SSSR count). The van der Waals surface area contributed by atoms with Gasteiger partial charge in [-0.15, -0.1) is 0 Å². The van der Waals surface area contributed by atoms with Crippen LogP contribution < -0.4 is 5.32 Å². The van der Waals surface area contributed by atoms with Gasteiger partial charge < -0.3 is 5.32 Å². The minimum Gasteiger partial charge on any atom is -0.313 e. The smallest absolute Gasteiger partial charge is 0.00673 e. The van der Waals surface area contributed by atoms with E-state index < -0.39 is 0 Å². The second kappa shape index (κ2) is 6.22. The molecule has 0 aromatic rings. The van der Waals surface area contributed by atoms with Crippen LogP contribution in [0.25, 0.3) is 0 Å². The van der Waals surface area contributed by atoms with Crippen molar-refractivity contribution >= 4 is 0 Å². The zero-order valence-electron chi connectivity index (χ0n) is 11.9. The van der Waals surface area contributed by atoms with Crippen molar-refractivity contribution in [3.05, 3.63) is 0 Å². The Hall–Kier alpha value is -0.0400. The van der Waals surface area contributed by atoms with Gasteiger partial charge in [0.2, 0.25) is 0 Å². The molecule has 1 N–H and O–H groups in total. The minimum atomic E-state index is 0.691. The van der Waals surface area contributed by atoms with E-state index >= 15 is 0 Å². The van der Waals surface area contributed by atoms with Gasteiger partial charge in [-0.05, 0) is 49.9 Å². The molecular formula is C16H31N. The second-order valence-corrected chi connectivity index (χ2v) is 6.57. The van der Waals surface area contributed by atoms with Gasteiger partial charge in [-0.25, -0.2) is 0 Å². The summed E-state index contributed by atoms with van der Waals surface area (Å²) in [5.41, 5.74) is 0.691. The zero-order valence-corrected chi connectivity index (χ0v) is 11.9. The van der Waals surface area contributed by atoms with E-state index in [2.05, 4.69) is 19.2 Å². The SMILES string of the molecule is CCC1CCCC(NCC2(CC)CCC2)CC1. The van der Waals surface area contributed by atoms with Crippen molar-refractivity contribution in [1.82, 2.24) is 5.32 Å². The highest BCUT2D eigenvalue weighted by atomic mass is 14.9. The van der Waals surface area contributed by atoms with Gasteiger partial charge in [0.1, 0.15) is 0 Å². The molecule has 1 heteroatoms. The van der Waals surface area contributed by atoms with Gasteiger partial charge >= 0.3 is 0 Å². The Bertz CT molecular complexity index is 214. The molecule has 0 aliphatic heterocycles. The first-order valence-corrected chi connectivity index (χ1v) is 8.01. The van der Waals surface area contributed by atoms with Crippen molar-refractivity contribution in [1.29, 1.82) is 0 Å². The largest absolute Gasteiger partial charge is 0.313 e. The van der Waals surface area contributed by atoms with Gasteiger partial charge in [-0.2, -0.15) is 0 Å². The highest BCUT2D eigenvalue weighted by Gasteiger charge is 2.35. The number of rotatable bonds is 5. The van der Waals surface area contributed by atoms with Crippen molar-refractivity contribution in [3.8, 4) is 0 Å². The molecule has 2 aliphatic carbocycles. The molecule has 0 radical (unpaired) electrons. The lowest BCUT2D eigenvalue weighted by atomic mass is 9.67. The summed E-state index contributed by atoms with van der Waals surface area (Å²) >= 11 is 0. The predicted molar refractivity (Wildman–Crippen MR) is 75.2 cm³/mol. The Kier molecular flexibility index (Phi) is 4.90. The molecule has 1 nitrogen and oxygen atoms in total. The van der Waals surface area contributed by atoms with Crippen molar-refractivity contribution in [2.45, 2.75) is 84.1 Å². The Morgan fingerprint density at radius 1 is 1.00 bits per heavy atom. The molecule has 2 saturated carbocycles. The molecule has 0 bridgehead atoms. The van der Waals surface area contributed by atoms with Crippen molar-refractivity contribution < 1.29 is 0 Å². The summed E-state index contributed by atoms with van der Waals surface area (Å²) in [4.78, 5) is 0. The average molecular weight is 237 g/mol. The monoisotopic (exact) mass is 237 g/mol. The molecule has 2 atom stereocenters. The third kappa shape index (κ3) is 3.47. The van der Waals surface area contributed by atoms with Crippen LogP contribution in [-0.2, 0) is 0 Å². The third-order valence-electron chi connectivity index (χ3n) is 5.60. The molecule has 0 saturated heterocycles. The summed E-state index contributed by atoms with van der Waals surface area (Å²) in [6.45, 7) is 6.03. The van der Waals surface area contributed by atoms with Crippen molar-refractivity contribution in [2.24, 2.45) is 11.3 Å². The molecular weight excluding hydrogens is 206 g/mol. The molecule has 100 valence electrons. The lowest BCUT2D eigenvalue weighted by Crippen LogP contribution is -2.43. The van der Waals surface area contributed by atoms with Crippen LogP contribution in [0.1, 0.15) is 78.1 Å². The van der Waals surface area contributed by atoms with Gasteiger partial charge in [-0.3, -0.25) is 0 Å². The third-order valence-corrected chi connectivity index (χ3v) is 5.60. The van der Waals surface area contributed by atoms with Crippen LogP contribution in [0.5, 0.6) is 0 Å². The van der Waals surface area contributed by atoms with E-state index in [0.717, 1.165) is 12.0 Å². The Labute approximate surface area is 108 Å². The molecule has 0 heterocycles. The Morgan fingerprint density at radius 2 is 1.82 bits per heavy atom. The first-order valence-electron chi connectivity index (χ1n) is 8.01. The highest BCUT2D eigenvalue weighted by Crippen LogP contribution is 2.43. The van der Waals surface area contributed by atoms with Gasteiger partial charge in [0, 0.05) is 12.6 Å². The summed E-state index contributed by atoms with van der Waals surface area (Å²) in [5, 5.41) is 3.90. The van der Waals surface area contributed by atoms with Crippen LogP contribution in [0.15, 0.2) is 0 Å². The van der Waals surface area contributed by atoms with E-state index in [9.17, 15) is 0 Å². The fourth-order valence-corrected chi connectivity index (χ4v) is 3.68. The van der Waals surface area contributed by atoms with E-state index in [0.29, 0.717) is 5.41 Å². The van der Waals surface area contributed by atoms with E-state index in [4.69, 9.17) is 0 Å². The lowest BCUT2D eigenvalue weighted by molar-refractivity contribution is 0.117. The molecule has 17 heavy (non-hydrogen) atoms. The molecule has 0 spiro atoms. The second-order valence-electron chi connectivity index (χ2n) is 6.57. The van der Waals surface area contributed by atoms with Gasteiger partial charge in [-0.1, -0.05) is 39.5 Å². The van der Waals surface area contributed by atoms with Crippen LogP contribution in [0.3, 0.4) is 0 Å². The fraction of sp³-hybridized carbons (Fsp3) is 1.00. The van der Waals surface area contributed by atoms with Gasteiger partial charge in [0.25, 0.3) is 0 Å². The molecule has 0 amide bonds. The molecule has 0 aromatic carbocycles. The molecule has 2 unspecified atom stereocenters. The first-order chi connectivity index (χ1) is 8.28. The van der Waals surface area contributed by atoms with E-state index in [1.54, 1.807) is 0 Å². The van der Waals surface area contributed by atoms with E-state index in [-0.39, 0.29) is 0 Å². The summed E-state index contributed by atoms with van der Waals surface area (Å²) in [5.74, 6) is 1.02. The lowest BCUT2D eigenvalue weighted by Gasteiger charge is -2.42. The van der Waals surface area contributed by atoms with E-state index in [1.165, 1.54) is 70.8 Å². The van der Waals surface area contributed by atoms with Crippen molar-refractivity contribution in [2.75, 3.05) is 6.54 Å². The van der Waals surface area contributed by atoms with Gasteiger partial charge in [0.15, 0.2) is 0 Å². The quantitative estimate of drug-likeness (QED) is 0.693. The van der Waals surface area contributed by atoms with Crippen LogP contribution in [0.4, 0.5) is 0 Å². The standard InChI is InChI=1S/C16H31N/c1-3-14-7-5-8-15(10-9-14)17-13-16(4-2)11-6-12-16/h14-15,17H,3-13H2,1-2H3. The Balaban J connectivity index is 1.72. The maximum atomic E-state index is 3.90. The summed E-state index contributed by atoms with van der Waals surface area (Å²) < 4.78 is 0. The first kappa shape index (κ1) is 13.4. The molecule has 0 aromatic heterocycles. The van der Waals surface area contributed by atoms with Crippen LogP contribution in [0, 0.1) is 11.3 Å². The number of hydrogen-bond acceptors (Lipinski definition) is 1. The van der Waals surface area contributed by atoms with Crippen LogP contribution in [0.2, 0.25) is 0 Å². The maximum absolute atomic E-state index is 3.90. The van der Waals surface area contributed by atoms with Crippen molar-refractivity contribution in [3.63, 3.8) is 0 Å². The van der Waals surface area contributed by atoms with Crippen LogP contribution >= 0.6 is 0 Å². The highest BCUT2D eigenvalue weighted by molar-refractivity contribution is 4.89. The van der Waals surface area contributed by atoms with Crippen LogP contribution in [-0.4, -0.2) is 12.6 Å². The molecule has 2 fully saturated rings. The molecule has 2 aliphatic rings. The number of hydrogen-bond donors (Lipinski definition) is 1. The van der Waals surface area contributed by atoms with Gasteiger partial charge in [0.05, 0.1) is 0 Å². The Morgan fingerprint density at radius 3 is 2.41 bits per heavy atom. The average Bonchev–Trinajstić information content (AvgIpc) is 2.53. The topological polar surface area (TPSA) is 12.0 Å². The predicted octanol–water partition coefficient (Wildman–Crippen LogP) is 4.52. The number of nitrogens with one attached hydrogen (secondary N) is 1.